The van der Waals surface area contributed by atoms with E-state index < -0.39 is 20.6 Å². The number of carbonyl (C=O) groups is 1. The maximum Gasteiger partial charge on any atom is 0.289 e. The molecule has 1 heterocycles. The highest BCUT2D eigenvalue weighted by molar-refractivity contribution is 7.89. The number of sulfonamides is 1. The van der Waals surface area contributed by atoms with Crippen LogP contribution >= 0.6 is 0 Å². The quantitative estimate of drug-likeness (QED) is 0.563. The molecule has 9 heteroatoms. The van der Waals surface area contributed by atoms with E-state index in [2.05, 4.69) is 0 Å². The smallest absolute Gasteiger partial charge is 0.289 e. The molecule has 2 aliphatic rings. The van der Waals surface area contributed by atoms with Crippen LogP contribution in [0.15, 0.2) is 47.4 Å². The van der Waals surface area contributed by atoms with Crippen molar-refractivity contribution < 1.29 is 18.1 Å². The third kappa shape index (κ3) is 3.63. The second-order valence-corrected chi connectivity index (χ2v) is 9.16. The summed E-state index contributed by atoms with van der Waals surface area (Å²) in [5, 5.41) is 11.2. The second-order valence-electron chi connectivity index (χ2n) is 7.26. The summed E-state index contributed by atoms with van der Waals surface area (Å²) in [4.78, 5) is 24.7. The van der Waals surface area contributed by atoms with Crippen LogP contribution in [0.4, 0.5) is 5.69 Å². The molecule has 0 spiro atoms. The third-order valence-electron chi connectivity index (χ3n) is 5.55. The number of nitrogens with zero attached hydrogens (tertiary/aromatic N) is 3. The van der Waals surface area contributed by atoms with Gasteiger partial charge in [0.05, 0.1) is 4.92 Å². The predicted octanol–water partition coefficient (Wildman–Crippen LogP) is 2.23. The molecule has 4 rings (SSSR count). The number of hydrogen-bond acceptors (Lipinski definition) is 5. The van der Waals surface area contributed by atoms with Gasteiger partial charge in [0.1, 0.15) is 0 Å². The highest BCUT2D eigenvalue weighted by atomic mass is 32.2. The molecule has 152 valence electrons. The zero-order valence-electron chi connectivity index (χ0n) is 15.8. The summed E-state index contributed by atoms with van der Waals surface area (Å²) in [6, 6.07) is 11.1. The van der Waals surface area contributed by atoms with Crippen molar-refractivity contribution in [2.75, 3.05) is 26.2 Å². The van der Waals surface area contributed by atoms with Gasteiger partial charge in [-0.25, -0.2) is 8.42 Å². The van der Waals surface area contributed by atoms with Gasteiger partial charge in [0, 0.05) is 37.8 Å². The Morgan fingerprint density at radius 3 is 2.38 bits per heavy atom. The summed E-state index contributed by atoms with van der Waals surface area (Å²) in [7, 11) is -4.01. The summed E-state index contributed by atoms with van der Waals surface area (Å²) in [6.45, 7) is 0.696. The van der Waals surface area contributed by atoms with Crippen LogP contribution in [0.1, 0.15) is 27.9 Å². The van der Waals surface area contributed by atoms with Crippen molar-refractivity contribution in [3.63, 3.8) is 0 Å². The number of carbonyl (C=O) groups excluding carboxylic acids is 1. The molecule has 0 radical (unpaired) electrons. The summed E-state index contributed by atoms with van der Waals surface area (Å²) in [6.07, 6.45) is 3.14. The first kappa shape index (κ1) is 19.5. The van der Waals surface area contributed by atoms with Crippen LogP contribution in [0.25, 0.3) is 0 Å². The molecule has 1 fully saturated rings. The molecule has 0 saturated carbocycles. The zero-order valence-corrected chi connectivity index (χ0v) is 16.6. The maximum atomic E-state index is 12.9. The lowest BCUT2D eigenvalue weighted by Crippen LogP contribution is -2.50. The molecule has 0 bridgehead atoms. The summed E-state index contributed by atoms with van der Waals surface area (Å²) >= 11 is 0. The van der Waals surface area contributed by atoms with Crippen molar-refractivity contribution in [3.8, 4) is 0 Å². The van der Waals surface area contributed by atoms with Crippen LogP contribution in [-0.4, -0.2) is 54.6 Å². The summed E-state index contributed by atoms with van der Waals surface area (Å²) < 4.78 is 27.0. The van der Waals surface area contributed by atoms with Gasteiger partial charge in [-0.05, 0) is 48.6 Å². The SMILES string of the molecule is O=C(c1ccc2c(c1)CCC2)N1CCN(S(=O)(=O)c2ccccc2[N+](=O)[O-])CC1. The molecule has 0 atom stereocenters. The van der Waals surface area contributed by atoms with E-state index in [0.29, 0.717) is 5.56 Å². The van der Waals surface area contributed by atoms with Gasteiger partial charge in [0.15, 0.2) is 4.90 Å². The van der Waals surface area contributed by atoms with Crippen molar-refractivity contribution in [2.24, 2.45) is 0 Å². The number of para-hydroxylation sites is 1. The summed E-state index contributed by atoms with van der Waals surface area (Å²) in [5.74, 6) is -0.109. The van der Waals surface area contributed by atoms with Gasteiger partial charge >= 0.3 is 0 Å². The Morgan fingerprint density at radius 2 is 1.66 bits per heavy atom. The molecular formula is C20H21N3O5S. The molecule has 0 aromatic heterocycles. The van der Waals surface area contributed by atoms with Crippen LogP contribution in [0.3, 0.4) is 0 Å². The summed E-state index contributed by atoms with van der Waals surface area (Å²) in [5.41, 5.74) is 2.69. The number of nitro benzene ring substituents is 1. The number of amides is 1. The topological polar surface area (TPSA) is 101 Å². The number of hydrogen-bond donors (Lipinski definition) is 0. The fourth-order valence-corrected chi connectivity index (χ4v) is 5.56. The van der Waals surface area contributed by atoms with Crippen molar-refractivity contribution in [1.82, 2.24) is 9.21 Å². The fraction of sp³-hybridized carbons (Fsp3) is 0.350. The highest BCUT2D eigenvalue weighted by Crippen LogP contribution is 2.27. The zero-order chi connectivity index (χ0) is 20.6. The molecule has 0 N–H and O–H groups in total. The van der Waals surface area contributed by atoms with Crippen LogP contribution < -0.4 is 0 Å². The van der Waals surface area contributed by atoms with Gasteiger partial charge in [0.2, 0.25) is 10.0 Å². The van der Waals surface area contributed by atoms with Crippen molar-refractivity contribution >= 4 is 21.6 Å². The molecular weight excluding hydrogens is 394 g/mol. The van der Waals surface area contributed by atoms with Gasteiger partial charge in [-0.2, -0.15) is 4.31 Å². The normalized spacial score (nSPS) is 17.2. The van der Waals surface area contributed by atoms with Gasteiger partial charge in [-0.1, -0.05) is 18.2 Å². The van der Waals surface area contributed by atoms with E-state index in [0.717, 1.165) is 19.3 Å². The molecule has 1 amide bonds. The number of benzene rings is 2. The number of fused-ring (bicyclic) bond motifs is 1. The standard InChI is InChI=1S/C20H21N3O5S/c24-20(17-9-8-15-4-3-5-16(15)14-17)21-10-12-22(13-11-21)29(27,28)19-7-2-1-6-18(19)23(25)26/h1-2,6-9,14H,3-5,10-13H2. The van der Waals surface area contributed by atoms with E-state index in [-0.39, 0.29) is 37.0 Å². The third-order valence-corrected chi connectivity index (χ3v) is 7.50. The lowest BCUT2D eigenvalue weighted by atomic mass is 10.1. The van der Waals surface area contributed by atoms with Gasteiger partial charge in [0.25, 0.3) is 11.6 Å². The highest BCUT2D eigenvalue weighted by Gasteiger charge is 2.34. The number of rotatable bonds is 4. The van der Waals surface area contributed by atoms with E-state index in [9.17, 15) is 23.3 Å². The number of nitro groups is 1. The number of piperazine rings is 1. The Hall–Kier alpha value is -2.78. The Kier molecular flexibility index (Phi) is 5.10. The minimum absolute atomic E-state index is 0.102. The average Bonchev–Trinajstić information content (AvgIpc) is 3.21. The predicted molar refractivity (Wildman–Crippen MR) is 106 cm³/mol. The van der Waals surface area contributed by atoms with Gasteiger partial charge < -0.3 is 4.90 Å². The van der Waals surface area contributed by atoms with E-state index in [1.807, 2.05) is 18.2 Å². The molecule has 2 aromatic carbocycles. The Morgan fingerprint density at radius 1 is 0.966 bits per heavy atom. The first-order chi connectivity index (χ1) is 13.9. The first-order valence-corrected chi connectivity index (χ1v) is 11.0. The van der Waals surface area contributed by atoms with E-state index in [4.69, 9.17) is 0 Å². The van der Waals surface area contributed by atoms with Crippen LogP contribution in [0.5, 0.6) is 0 Å². The van der Waals surface area contributed by atoms with Crippen LogP contribution in [-0.2, 0) is 22.9 Å². The van der Waals surface area contributed by atoms with Crippen molar-refractivity contribution in [2.45, 2.75) is 24.2 Å². The van der Waals surface area contributed by atoms with Crippen molar-refractivity contribution in [1.29, 1.82) is 0 Å². The fourth-order valence-electron chi connectivity index (χ4n) is 3.98. The Bertz CT molecular complexity index is 1080. The Labute approximate surface area is 168 Å². The molecule has 0 unspecified atom stereocenters. The molecule has 2 aromatic rings. The van der Waals surface area contributed by atoms with Gasteiger partial charge in [-0.15, -0.1) is 0 Å². The van der Waals surface area contributed by atoms with Gasteiger partial charge in [-0.3, -0.25) is 14.9 Å². The van der Waals surface area contributed by atoms with Crippen LogP contribution in [0, 0.1) is 10.1 Å². The van der Waals surface area contributed by atoms with Crippen molar-refractivity contribution in [3.05, 3.63) is 69.3 Å². The lowest BCUT2D eigenvalue weighted by molar-refractivity contribution is -0.387. The number of aryl methyl sites for hydroxylation is 2. The maximum absolute atomic E-state index is 12.9. The second kappa shape index (κ2) is 7.57. The van der Waals surface area contributed by atoms with E-state index >= 15 is 0 Å². The van der Waals surface area contributed by atoms with Crippen LogP contribution in [0.2, 0.25) is 0 Å². The average molecular weight is 415 g/mol. The Balaban J connectivity index is 1.48. The molecule has 8 nitrogen and oxygen atoms in total. The largest absolute Gasteiger partial charge is 0.336 e. The molecule has 1 saturated heterocycles. The molecule has 1 aliphatic heterocycles. The lowest BCUT2D eigenvalue weighted by Gasteiger charge is -2.34. The first-order valence-electron chi connectivity index (χ1n) is 9.52. The minimum Gasteiger partial charge on any atom is -0.336 e. The minimum atomic E-state index is -4.01. The monoisotopic (exact) mass is 415 g/mol. The molecule has 29 heavy (non-hydrogen) atoms. The molecule has 1 aliphatic carbocycles. The van der Waals surface area contributed by atoms with E-state index in [1.165, 1.54) is 39.7 Å². The van der Waals surface area contributed by atoms with E-state index in [1.54, 1.807) is 4.90 Å².